The Morgan fingerprint density at radius 2 is 1.68 bits per heavy atom. The van der Waals surface area contributed by atoms with Crippen LogP contribution < -0.4 is 0 Å². The number of rotatable bonds is 3. The van der Waals surface area contributed by atoms with E-state index in [4.69, 9.17) is 4.98 Å². The molecule has 1 N–H and O–H groups in total. The van der Waals surface area contributed by atoms with Crippen molar-refractivity contribution in [3.05, 3.63) is 72.4 Å². The molecule has 5 aromatic rings. The van der Waals surface area contributed by atoms with Gasteiger partial charge in [-0.3, -0.25) is 9.97 Å². The van der Waals surface area contributed by atoms with Crippen molar-refractivity contribution in [1.82, 2.24) is 24.9 Å². The molecule has 0 atom stereocenters. The molecule has 0 aliphatic heterocycles. The fourth-order valence-corrected chi connectivity index (χ4v) is 3.16. The minimum atomic E-state index is 0.795. The predicted octanol–water partition coefficient (Wildman–Crippen LogP) is 3.84. The Balaban J connectivity index is 1.46. The van der Waals surface area contributed by atoms with E-state index in [9.17, 15) is 0 Å². The fourth-order valence-electron chi connectivity index (χ4n) is 3.16. The molecule has 3 heterocycles. The van der Waals surface area contributed by atoms with Crippen LogP contribution in [0.25, 0.3) is 33.0 Å². The number of fused-ring (bicyclic) bond motifs is 4. The number of H-pyrrole nitrogens is 1. The second-order valence-corrected chi connectivity index (χ2v) is 6.07. The number of pyridine rings is 1. The molecule has 0 saturated heterocycles. The number of aromatic amines is 1. The third-order valence-corrected chi connectivity index (χ3v) is 4.40. The minimum absolute atomic E-state index is 0.795. The van der Waals surface area contributed by atoms with Gasteiger partial charge in [-0.1, -0.05) is 12.1 Å². The maximum atomic E-state index is 4.77. The van der Waals surface area contributed by atoms with Gasteiger partial charge in [0.15, 0.2) is 0 Å². The van der Waals surface area contributed by atoms with Gasteiger partial charge >= 0.3 is 0 Å². The summed E-state index contributed by atoms with van der Waals surface area (Å²) in [4.78, 5) is 21.7. The monoisotopic (exact) mass is 325 g/mol. The smallest absolute Gasteiger partial charge is 0.107 e. The zero-order valence-corrected chi connectivity index (χ0v) is 13.5. The highest BCUT2D eigenvalue weighted by atomic mass is 14.9. The number of nitrogens with one attached hydrogen (secondary N) is 1. The molecule has 0 amide bonds. The molecule has 0 spiro atoms. The first kappa shape index (κ1) is 14.0. The number of aryl methyl sites for hydroxylation is 2. The SMILES string of the molecule is c1ccc2nc(CCc3nc4c(ccc5ncccc54)[nH]3)cnc2c1. The first-order valence-electron chi connectivity index (χ1n) is 8.30. The van der Waals surface area contributed by atoms with Crippen molar-refractivity contribution in [1.29, 1.82) is 0 Å². The van der Waals surface area contributed by atoms with Crippen LogP contribution in [-0.2, 0) is 12.8 Å². The van der Waals surface area contributed by atoms with E-state index in [-0.39, 0.29) is 0 Å². The molecule has 0 unspecified atom stereocenters. The highest BCUT2D eigenvalue weighted by molar-refractivity contribution is 6.02. The Kier molecular flexibility index (Phi) is 3.16. The Labute approximate surface area is 143 Å². The number of para-hydroxylation sites is 2. The van der Waals surface area contributed by atoms with Crippen LogP contribution in [0.5, 0.6) is 0 Å². The summed E-state index contributed by atoms with van der Waals surface area (Å²) < 4.78 is 0. The largest absolute Gasteiger partial charge is 0.342 e. The lowest BCUT2D eigenvalue weighted by atomic mass is 10.2. The molecular weight excluding hydrogens is 310 g/mol. The maximum Gasteiger partial charge on any atom is 0.107 e. The number of aromatic nitrogens is 5. The van der Waals surface area contributed by atoms with Gasteiger partial charge in [0.2, 0.25) is 0 Å². The van der Waals surface area contributed by atoms with Crippen molar-refractivity contribution in [3.8, 4) is 0 Å². The molecule has 0 radical (unpaired) electrons. The highest BCUT2D eigenvalue weighted by Gasteiger charge is 2.08. The van der Waals surface area contributed by atoms with Crippen LogP contribution >= 0.6 is 0 Å². The van der Waals surface area contributed by atoms with Crippen LogP contribution in [0.4, 0.5) is 0 Å². The first-order valence-corrected chi connectivity index (χ1v) is 8.30. The average molecular weight is 325 g/mol. The quantitative estimate of drug-likeness (QED) is 0.547. The summed E-state index contributed by atoms with van der Waals surface area (Å²) >= 11 is 0. The summed E-state index contributed by atoms with van der Waals surface area (Å²) in [5, 5.41) is 1.08. The number of benzene rings is 2. The number of imidazole rings is 1. The van der Waals surface area contributed by atoms with E-state index in [2.05, 4.69) is 26.0 Å². The lowest BCUT2D eigenvalue weighted by Crippen LogP contribution is -1.97. The van der Waals surface area contributed by atoms with Crippen molar-refractivity contribution >= 4 is 33.0 Å². The summed E-state index contributed by atoms with van der Waals surface area (Å²) in [6.45, 7) is 0. The van der Waals surface area contributed by atoms with Crippen molar-refractivity contribution in [2.24, 2.45) is 0 Å². The predicted molar refractivity (Wildman–Crippen MR) is 98.3 cm³/mol. The van der Waals surface area contributed by atoms with Gasteiger partial charge in [-0.05, 0) is 42.8 Å². The molecule has 0 bridgehead atoms. The minimum Gasteiger partial charge on any atom is -0.342 e. The van der Waals surface area contributed by atoms with E-state index in [0.717, 1.165) is 57.3 Å². The molecule has 3 aromatic heterocycles. The van der Waals surface area contributed by atoms with E-state index < -0.39 is 0 Å². The van der Waals surface area contributed by atoms with E-state index in [0.29, 0.717) is 0 Å². The summed E-state index contributed by atoms with van der Waals surface area (Å²) in [6, 6.07) is 16.0. The molecule has 120 valence electrons. The van der Waals surface area contributed by atoms with Crippen LogP contribution in [0.15, 0.2) is 60.9 Å². The molecular formula is C20H15N5. The van der Waals surface area contributed by atoms with E-state index in [1.165, 1.54) is 0 Å². The summed E-state index contributed by atoms with van der Waals surface area (Å²) in [5.74, 6) is 0.960. The Morgan fingerprint density at radius 1 is 0.760 bits per heavy atom. The van der Waals surface area contributed by atoms with Gasteiger partial charge in [-0.2, -0.15) is 0 Å². The fraction of sp³-hybridized carbons (Fsp3) is 0.100. The van der Waals surface area contributed by atoms with E-state index >= 15 is 0 Å². The van der Waals surface area contributed by atoms with Crippen LogP contribution in [0.1, 0.15) is 11.5 Å². The van der Waals surface area contributed by atoms with Gasteiger partial charge in [0.25, 0.3) is 0 Å². The third kappa shape index (κ3) is 2.50. The van der Waals surface area contributed by atoms with Crippen LogP contribution in [-0.4, -0.2) is 24.9 Å². The molecule has 2 aromatic carbocycles. The van der Waals surface area contributed by atoms with Gasteiger partial charge in [0.05, 0.1) is 33.3 Å². The molecule has 0 aliphatic carbocycles. The van der Waals surface area contributed by atoms with E-state index in [1.54, 1.807) is 6.20 Å². The van der Waals surface area contributed by atoms with Gasteiger partial charge in [0.1, 0.15) is 5.82 Å². The number of nitrogens with zero attached hydrogens (tertiary/aromatic N) is 4. The molecule has 5 rings (SSSR count). The Hall–Kier alpha value is -3.34. The third-order valence-electron chi connectivity index (χ3n) is 4.40. The second-order valence-electron chi connectivity index (χ2n) is 6.07. The van der Waals surface area contributed by atoms with Crippen molar-refractivity contribution in [2.75, 3.05) is 0 Å². The highest BCUT2D eigenvalue weighted by Crippen LogP contribution is 2.22. The Bertz CT molecular complexity index is 1210. The van der Waals surface area contributed by atoms with Gasteiger partial charge in [0, 0.05) is 24.2 Å². The maximum absolute atomic E-state index is 4.77. The normalized spacial score (nSPS) is 11.5. The molecule has 25 heavy (non-hydrogen) atoms. The van der Waals surface area contributed by atoms with Gasteiger partial charge in [-0.25, -0.2) is 9.97 Å². The van der Waals surface area contributed by atoms with E-state index in [1.807, 2.05) is 48.7 Å². The van der Waals surface area contributed by atoms with Crippen molar-refractivity contribution < 1.29 is 0 Å². The lowest BCUT2D eigenvalue weighted by Gasteiger charge is -2.01. The van der Waals surface area contributed by atoms with Crippen LogP contribution in [0.2, 0.25) is 0 Å². The molecule has 0 fully saturated rings. The van der Waals surface area contributed by atoms with Crippen LogP contribution in [0.3, 0.4) is 0 Å². The standard InChI is InChI=1S/C20H15N5/c1-2-6-17-16(5-1)22-12-13(23-17)7-10-19-24-18-9-8-15-14(20(18)25-19)4-3-11-21-15/h1-6,8-9,11-12H,7,10H2,(H,24,25). The summed E-state index contributed by atoms with van der Waals surface area (Å²) in [7, 11) is 0. The number of hydrogen-bond donors (Lipinski definition) is 1. The van der Waals surface area contributed by atoms with Gasteiger partial charge in [-0.15, -0.1) is 0 Å². The average Bonchev–Trinajstić information content (AvgIpc) is 3.10. The summed E-state index contributed by atoms with van der Waals surface area (Å²) in [6.07, 6.45) is 5.25. The molecule has 0 saturated carbocycles. The van der Waals surface area contributed by atoms with Gasteiger partial charge < -0.3 is 4.98 Å². The molecule has 5 heteroatoms. The van der Waals surface area contributed by atoms with Crippen molar-refractivity contribution in [2.45, 2.75) is 12.8 Å². The zero-order valence-electron chi connectivity index (χ0n) is 13.5. The molecule has 0 aliphatic rings. The molecule has 5 nitrogen and oxygen atoms in total. The first-order chi connectivity index (χ1) is 12.4. The Morgan fingerprint density at radius 3 is 2.64 bits per heavy atom. The van der Waals surface area contributed by atoms with Crippen LogP contribution in [0, 0.1) is 0 Å². The number of hydrogen-bond acceptors (Lipinski definition) is 4. The topological polar surface area (TPSA) is 67.3 Å². The summed E-state index contributed by atoms with van der Waals surface area (Å²) in [5.41, 5.74) is 5.82. The lowest BCUT2D eigenvalue weighted by molar-refractivity contribution is 0.860. The zero-order chi connectivity index (χ0) is 16.6. The van der Waals surface area contributed by atoms with Crippen molar-refractivity contribution in [3.63, 3.8) is 0 Å². The second kappa shape index (κ2) is 5.63.